The molecule has 0 fully saturated rings. The second-order valence-electron chi connectivity index (χ2n) is 2.53. The van der Waals surface area contributed by atoms with Gasteiger partial charge in [0.15, 0.2) is 5.82 Å². The fourth-order valence-corrected chi connectivity index (χ4v) is 1.67. The van der Waals surface area contributed by atoms with Crippen LogP contribution in [0.15, 0.2) is 10.5 Å². The molecule has 0 atom stereocenters. The molecule has 1 rings (SSSR count). The van der Waals surface area contributed by atoms with E-state index in [-0.39, 0.29) is 5.69 Å². The first-order valence-electron chi connectivity index (χ1n) is 3.49. The van der Waals surface area contributed by atoms with E-state index in [1.165, 1.54) is 0 Å². The van der Waals surface area contributed by atoms with Crippen molar-refractivity contribution in [2.75, 3.05) is 18.1 Å². The predicted molar refractivity (Wildman–Crippen MR) is 52.8 cm³/mol. The van der Waals surface area contributed by atoms with Crippen LogP contribution < -0.4 is 11.1 Å². The van der Waals surface area contributed by atoms with Crippen LogP contribution in [-0.4, -0.2) is 7.05 Å². The van der Waals surface area contributed by atoms with Crippen LogP contribution in [0.2, 0.25) is 0 Å². The van der Waals surface area contributed by atoms with Crippen LogP contribution in [-0.2, 0) is 0 Å². The molecule has 0 saturated heterocycles. The highest BCUT2D eigenvalue weighted by Crippen LogP contribution is 2.31. The summed E-state index contributed by atoms with van der Waals surface area (Å²) in [6.45, 7) is 1.87. The van der Waals surface area contributed by atoms with E-state index in [1.807, 2.05) is 6.92 Å². The van der Waals surface area contributed by atoms with Gasteiger partial charge in [0.25, 0.3) is 0 Å². The van der Waals surface area contributed by atoms with Crippen molar-refractivity contribution in [2.45, 2.75) is 6.92 Å². The molecule has 4 heteroatoms. The number of halogens is 2. The number of aryl methyl sites for hydroxylation is 1. The Balaban J connectivity index is 3.40. The molecule has 0 aliphatic rings. The minimum Gasteiger partial charge on any atom is -0.395 e. The molecule has 0 radical (unpaired) electrons. The fourth-order valence-electron chi connectivity index (χ4n) is 1.11. The van der Waals surface area contributed by atoms with E-state index < -0.39 is 5.82 Å². The van der Waals surface area contributed by atoms with Crippen molar-refractivity contribution in [3.05, 3.63) is 21.9 Å². The van der Waals surface area contributed by atoms with Crippen molar-refractivity contribution in [1.29, 1.82) is 0 Å². The Bertz CT molecular complexity index is 312. The molecule has 0 spiro atoms. The van der Waals surface area contributed by atoms with Crippen LogP contribution in [0.1, 0.15) is 5.56 Å². The summed E-state index contributed by atoms with van der Waals surface area (Å²) in [5.74, 6) is -0.412. The molecule has 0 aliphatic heterocycles. The third kappa shape index (κ3) is 1.39. The Hall–Kier alpha value is -0.770. The standard InChI is InChI=1S/C8H10BrFN2/c1-4-3-5(9)6(10)7(11)8(4)12-2/h3,12H,11H2,1-2H3. The molecule has 0 unspecified atom stereocenters. The summed E-state index contributed by atoms with van der Waals surface area (Å²) in [7, 11) is 1.71. The highest BCUT2D eigenvalue weighted by molar-refractivity contribution is 9.10. The predicted octanol–water partition coefficient (Wildman–Crippen LogP) is 2.52. The van der Waals surface area contributed by atoms with E-state index in [2.05, 4.69) is 21.2 Å². The molecule has 0 saturated carbocycles. The van der Waals surface area contributed by atoms with Gasteiger partial charge in [0.05, 0.1) is 15.8 Å². The van der Waals surface area contributed by atoms with E-state index >= 15 is 0 Å². The van der Waals surface area contributed by atoms with Gasteiger partial charge in [0.2, 0.25) is 0 Å². The smallest absolute Gasteiger partial charge is 0.162 e. The lowest BCUT2D eigenvalue weighted by atomic mass is 10.1. The monoisotopic (exact) mass is 232 g/mol. The number of rotatable bonds is 1. The molecule has 0 amide bonds. The first-order chi connectivity index (χ1) is 5.57. The highest BCUT2D eigenvalue weighted by Gasteiger charge is 2.10. The first-order valence-corrected chi connectivity index (χ1v) is 4.29. The number of hydrogen-bond donors (Lipinski definition) is 2. The van der Waals surface area contributed by atoms with Crippen molar-refractivity contribution in [2.24, 2.45) is 0 Å². The highest BCUT2D eigenvalue weighted by atomic mass is 79.9. The van der Waals surface area contributed by atoms with Gasteiger partial charge in [0.1, 0.15) is 0 Å². The van der Waals surface area contributed by atoms with Gasteiger partial charge >= 0.3 is 0 Å². The maximum absolute atomic E-state index is 13.1. The molecular formula is C8H10BrFN2. The number of nitrogen functional groups attached to an aromatic ring is 1. The zero-order valence-corrected chi connectivity index (χ0v) is 8.50. The third-order valence-electron chi connectivity index (χ3n) is 1.70. The molecule has 3 N–H and O–H groups in total. The third-order valence-corrected chi connectivity index (χ3v) is 2.28. The number of nitrogens with two attached hydrogens (primary N) is 1. The first kappa shape index (κ1) is 9.32. The van der Waals surface area contributed by atoms with E-state index in [1.54, 1.807) is 13.1 Å². The van der Waals surface area contributed by atoms with Crippen LogP contribution in [0, 0.1) is 12.7 Å². The second-order valence-corrected chi connectivity index (χ2v) is 3.38. The summed E-state index contributed by atoms with van der Waals surface area (Å²) < 4.78 is 13.5. The van der Waals surface area contributed by atoms with Gasteiger partial charge < -0.3 is 11.1 Å². The number of anilines is 2. The fraction of sp³-hybridized carbons (Fsp3) is 0.250. The summed E-state index contributed by atoms with van der Waals surface area (Å²) in [4.78, 5) is 0. The van der Waals surface area contributed by atoms with E-state index in [0.717, 1.165) is 5.56 Å². The maximum Gasteiger partial charge on any atom is 0.162 e. The van der Waals surface area contributed by atoms with E-state index in [0.29, 0.717) is 10.2 Å². The molecule has 1 aromatic carbocycles. The quantitative estimate of drug-likeness (QED) is 0.731. The van der Waals surface area contributed by atoms with Crippen molar-refractivity contribution in [3.63, 3.8) is 0 Å². The number of nitrogens with one attached hydrogen (secondary N) is 1. The van der Waals surface area contributed by atoms with Gasteiger partial charge in [-0.25, -0.2) is 4.39 Å². The lowest BCUT2D eigenvalue weighted by Gasteiger charge is -2.10. The zero-order chi connectivity index (χ0) is 9.30. The average Bonchev–Trinajstić information content (AvgIpc) is 2.01. The Morgan fingerprint density at radius 2 is 2.17 bits per heavy atom. The summed E-state index contributed by atoms with van der Waals surface area (Å²) in [5, 5.41) is 2.85. The maximum atomic E-state index is 13.1. The van der Waals surface area contributed by atoms with Crippen molar-refractivity contribution in [3.8, 4) is 0 Å². The Morgan fingerprint density at radius 3 is 2.67 bits per heavy atom. The van der Waals surface area contributed by atoms with Crippen molar-refractivity contribution < 1.29 is 4.39 Å². The zero-order valence-electron chi connectivity index (χ0n) is 6.91. The second kappa shape index (κ2) is 3.31. The molecule has 1 aromatic rings. The van der Waals surface area contributed by atoms with Gasteiger partial charge in [-0.3, -0.25) is 0 Å². The van der Waals surface area contributed by atoms with Crippen molar-refractivity contribution in [1.82, 2.24) is 0 Å². The van der Waals surface area contributed by atoms with E-state index in [4.69, 9.17) is 5.73 Å². The van der Waals surface area contributed by atoms with Gasteiger partial charge in [-0.15, -0.1) is 0 Å². The van der Waals surface area contributed by atoms with Crippen LogP contribution in [0.25, 0.3) is 0 Å². The van der Waals surface area contributed by atoms with Crippen LogP contribution in [0.5, 0.6) is 0 Å². The van der Waals surface area contributed by atoms with Crippen LogP contribution in [0.3, 0.4) is 0 Å². The largest absolute Gasteiger partial charge is 0.395 e. The van der Waals surface area contributed by atoms with Crippen LogP contribution >= 0.6 is 15.9 Å². The SMILES string of the molecule is CNc1c(C)cc(Br)c(F)c1N. The molecule has 2 nitrogen and oxygen atoms in total. The molecule has 12 heavy (non-hydrogen) atoms. The molecule has 0 bridgehead atoms. The van der Waals surface area contributed by atoms with Crippen LogP contribution in [0.4, 0.5) is 15.8 Å². The normalized spacial score (nSPS) is 10.0. The van der Waals surface area contributed by atoms with E-state index in [9.17, 15) is 4.39 Å². The topological polar surface area (TPSA) is 38.0 Å². The van der Waals surface area contributed by atoms with Gasteiger partial charge in [-0.1, -0.05) is 0 Å². The van der Waals surface area contributed by atoms with Gasteiger partial charge in [-0.2, -0.15) is 0 Å². The Kier molecular flexibility index (Phi) is 2.57. The summed E-state index contributed by atoms with van der Waals surface area (Å²) in [6.07, 6.45) is 0. The molecular weight excluding hydrogens is 223 g/mol. The van der Waals surface area contributed by atoms with Gasteiger partial charge in [-0.05, 0) is 34.5 Å². The number of hydrogen-bond acceptors (Lipinski definition) is 2. The Morgan fingerprint density at radius 1 is 1.58 bits per heavy atom. The summed E-state index contributed by atoms with van der Waals surface area (Å²) >= 11 is 3.08. The summed E-state index contributed by atoms with van der Waals surface area (Å²) in [6, 6.07) is 1.69. The summed E-state index contributed by atoms with van der Waals surface area (Å²) in [5.41, 5.74) is 7.25. The molecule has 66 valence electrons. The minimum absolute atomic E-state index is 0.157. The van der Waals surface area contributed by atoms with Gasteiger partial charge in [0, 0.05) is 7.05 Å². The molecule has 0 heterocycles. The Labute approximate surface area is 79.1 Å². The number of benzene rings is 1. The molecule has 0 aliphatic carbocycles. The van der Waals surface area contributed by atoms with Crippen molar-refractivity contribution >= 4 is 27.3 Å². The molecule has 0 aromatic heterocycles. The average molecular weight is 233 g/mol. The lowest BCUT2D eigenvalue weighted by Crippen LogP contribution is -2.01. The lowest BCUT2D eigenvalue weighted by molar-refractivity contribution is 0.626. The minimum atomic E-state index is -0.412.